The maximum atomic E-state index is 12.6. The molecular weight excluding hydrogens is 410 g/mol. The van der Waals surface area contributed by atoms with E-state index in [0.29, 0.717) is 26.2 Å². The second-order valence-electron chi connectivity index (χ2n) is 7.18. The first-order valence-electron chi connectivity index (χ1n) is 9.54. The van der Waals surface area contributed by atoms with Gasteiger partial charge in [-0.2, -0.15) is 4.31 Å². The number of benzene rings is 2. The van der Waals surface area contributed by atoms with E-state index in [1.807, 2.05) is 44.2 Å². The first kappa shape index (κ1) is 21.8. The van der Waals surface area contributed by atoms with Crippen molar-refractivity contribution < 1.29 is 16.8 Å². The lowest BCUT2D eigenvalue weighted by Gasteiger charge is -2.35. The van der Waals surface area contributed by atoms with Crippen molar-refractivity contribution >= 4 is 25.7 Å². The van der Waals surface area contributed by atoms with E-state index in [0.717, 1.165) is 16.8 Å². The average Bonchev–Trinajstić information content (AvgIpc) is 2.70. The molecule has 0 saturated carbocycles. The number of hydrogen-bond donors (Lipinski definition) is 1. The van der Waals surface area contributed by atoms with Crippen molar-refractivity contribution in [2.75, 3.05) is 43.4 Å². The van der Waals surface area contributed by atoms with Gasteiger partial charge in [0.2, 0.25) is 20.0 Å². The number of aryl methyl sites for hydroxylation is 2. The molecule has 158 valence electrons. The Morgan fingerprint density at radius 1 is 0.862 bits per heavy atom. The summed E-state index contributed by atoms with van der Waals surface area (Å²) in [6.07, 6.45) is 0. The highest BCUT2D eigenvalue weighted by atomic mass is 32.2. The Bertz CT molecular complexity index is 1050. The molecular formula is C20H27N3O4S2. The third-order valence-electron chi connectivity index (χ3n) is 5.19. The van der Waals surface area contributed by atoms with Gasteiger partial charge in [-0.15, -0.1) is 0 Å². The van der Waals surface area contributed by atoms with Gasteiger partial charge in [-0.05, 0) is 49.2 Å². The molecule has 9 heteroatoms. The second-order valence-corrected chi connectivity index (χ2v) is 11.0. The summed E-state index contributed by atoms with van der Waals surface area (Å²) in [4.78, 5) is 2.29. The van der Waals surface area contributed by atoms with Crippen LogP contribution < -0.4 is 9.62 Å². The van der Waals surface area contributed by atoms with Crippen molar-refractivity contribution in [3.8, 4) is 0 Å². The molecule has 7 nitrogen and oxygen atoms in total. The van der Waals surface area contributed by atoms with Crippen LogP contribution in [0.15, 0.2) is 53.4 Å². The Hall–Kier alpha value is -1.94. The summed E-state index contributed by atoms with van der Waals surface area (Å²) in [5, 5.41) is 0. The first-order chi connectivity index (χ1) is 13.7. The molecule has 2 aromatic rings. The number of sulfonamides is 2. The fraction of sp³-hybridized carbons (Fsp3) is 0.400. The standard InChI is InChI=1S/C20H27N3O4S2/c1-17-8-9-20(16-18(17)2)29(26,27)21-10-15-28(24,25)23-13-11-22(12-14-23)19-6-4-3-5-7-19/h3-9,16,21H,10-15H2,1-2H3. The predicted molar refractivity (Wildman–Crippen MR) is 115 cm³/mol. The molecule has 2 aromatic carbocycles. The maximum absolute atomic E-state index is 12.6. The Morgan fingerprint density at radius 3 is 2.14 bits per heavy atom. The lowest BCUT2D eigenvalue weighted by Crippen LogP contribution is -2.50. The third kappa shape index (κ3) is 5.36. The van der Waals surface area contributed by atoms with E-state index >= 15 is 0 Å². The monoisotopic (exact) mass is 437 g/mol. The highest BCUT2D eigenvalue weighted by molar-refractivity contribution is 7.90. The van der Waals surface area contributed by atoms with E-state index in [2.05, 4.69) is 9.62 Å². The molecule has 29 heavy (non-hydrogen) atoms. The van der Waals surface area contributed by atoms with Gasteiger partial charge in [0, 0.05) is 38.4 Å². The smallest absolute Gasteiger partial charge is 0.240 e. The Morgan fingerprint density at radius 2 is 1.52 bits per heavy atom. The molecule has 0 atom stereocenters. The Balaban J connectivity index is 1.54. The Kier molecular flexibility index (Phi) is 6.62. The molecule has 1 aliphatic heterocycles. The van der Waals surface area contributed by atoms with Crippen molar-refractivity contribution in [1.29, 1.82) is 0 Å². The molecule has 0 spiro atoms. The lowest BCUT2D eigenvalue weighted by molar-refractivity contribution is 0.385. The van der Waals surface area contributed by atoms with E-state index in [4.69, 9.17) is 0 Å². The van der Waals surface area contributed by atoms with Gasteiger partial charge in [0.1, 0.15) is 0 Å². The number of nitrogens with one attached hydrogen (secondary N) is 1. The van der Waals surface area contributed by atoms with Crippen LogP contribution in [-0.4, -0.2) is 59.6 Å². The van der Waals surface area contributed by atoms with E-state index in [1.165, 1.54) is 10.4 Å². The van der Waals surface area contributed by atoms with Crippen LogP contribution in [0, 0.1) is 13.8 Å². The molecule has 1 aliphatic rings. The number of para-hydroxylation sites is 1. The SMILES string of the molecule is Cc1ccc(S(=O)(=O)NCCS(=O)(=O)N2CCN(c3ccccc3)CC2)cc1C. The molecule has 1 saturated heterocycles. The number of anilines is 1. The van der Waals surface area contributed by atoms with Gasteiger partial charge in [0.25, 0.3) is 0 Å². The topological polar surface area (TPSA) is 86.8 Å². The van der Waals surface area contributed by atoms with Crippen LogP contribution >= 0.6 is 0 Å². The van der Waals surface area contributed by atoms with Gasteiger partial charge in [-0.1, -0.05) is 24.3 Å². The van der Waals surface area contributed by atoms with Gasteiger partial charge in [0.15, 0.2) is 0 Å². The summed E-state index contributed by atoms with van der Waals surface area (Å²) in [5.74, 6) is -0.261. The van der Waals surface area contributed by atoms with Gasteiger partial charge in [-0.25, -0.2) is 21.6 Å². The van der Waals surface area contributed by atoms with Crippen LogP contribution in [0.25, 0.3) is 0 Å². The minimum atomic E-state index is -3.74. The van der Waals surface area contributed by atoms with Crippen molar-refractivity contribution in [1.82, 2.24) is 9.03 Å². The van der Waals surface area contributed by atoms with Crippen LogP contribution in [-0.2, 0) is 20.0 Å². The number of nitrogens with zero attached hydrogens (tertiary/aromatic N) is 2. The van der Waals surface area contributed by atoms with Crippen molar-refractivity contribution in [3.05, 3.63) is 59.7 Å². The molecule has 0 aliphatic carbocycles. The molecule has 0 bridgehead atoms. The van der Waals surface area contributed by atoms with Crippen molar-refractivity contribution in [2.45, 2.75) is 18.7 Å². The van der Waals surface area contributed by atoms with Crippen LogP contribution in [0.5, 0.6) is 0 Å². The van der Waals surface area contributed by atoms with Crippen LogP contribution in [0.3, 0.4) is 0 Å². The van der Waals surface area contributed by atoms with Crippen LogP contribution in [0.1, 0.15) is 11.1 Å². The fourth-order valence-corrected chi connectivity index (χ4v) is 5.85. The van der Waals surface area contributed by atoms with Gasteiger partial charge < -0.3 is 4.90 Å². The number of rotatable bonds is 7. The van der Waals surface area contributed by atoms with Crippen LogP contribution in [0.4, 0.5) is 5.69 Å². The van der Waals surface area contributed by atoms with Gasteiger partial charge >= 0.3 is 0 Å². The van der Waals surface area contributed by atoms with Crippen LogP contribution in [0.2, 0.25) is 0 Å². The van der Waals surface area contributed by atoms with E-state index < -0.39 is 20.0 Å². The predicted octanol–water partition coefficient (Wildman–Crippen LogP) is 1.73. The minimum Gasteiger partial charge on any atom is -0.369 e. The third-order valence-corrected chi connectivity index (χ3v) is 8.52. The summed E-state index contributed by atoms with van der Waals surface area (Å²) in [6.45, 7) is 5.59. The van der Waals surface area contributed by atoms with Gasteiger partial charge in [-0.3, -0.25) is 0 Å². The van der Waals surface area contributed by atoms with E-state index in [9.17, 15) is 16.8 Å². The quantitative estimate of drug-likeness (QED) is 0.713. The minimum absolute atomic E-state index is 0.148. The highest BCUT2D eigenvalue weighted by Crippen LogP contribution is 2.17. The van der Waals surface area contributed by atoms with Gasteiger partial charge in [0.05, 0.1) is 10.6 Å². The largest absolute Gasteiger partial charge is 0.369 e. The fourth-order valence-electron chi connectivity index (χ4n) is 3.26. The molecule has 1 heterocycles. The molecule has 0 radical (unpaired) electrons. The molecule has 1 fully saturated rings. The molecule has 0 unspecified atom stereocenters. The second kappa shape index (κ2) is 8.83. The zero-order valence-corrected chi connectivity index (χ0v) is 18.3. The summed E-state index contributed by atoms with van der Waals surface area (Å²) in [5.41, 5.74) is 2.95. The van der Waals surface area contributed by atoms with E-state index in [1.54, 1.807) is 12.1 Å². The molecule has 1 N–H and O–H groups in total. The summed E-state index contributed by atoms with van der Waals surface area (Å²) in [7, 11) is -7.27. The normalized spacial score (nSPS) is 16.1. The lowest BCUT2D eigenvalue weighted by atomic mass is 10.1. The zero-order valence-electron chi connectivity index (χ0n) is 16.7. The molecule has 3 rings (SSSR count). The van der Waals surface area contributed by atoms with Crippen molar-refractivity contribution in [3.63, 3.8) is 0 Å². The molecule has 0 amide bonds. The average molecular weight is 438 g/mol. The summed E-state index contributed by atoms with van der Waals surface area (Å²) in [6, 6.07) is 14.7. The highest BCUT2D eigenvalue weighted by Gasteiger charge is 2.27. The molecule has 0 aromatic heterocycles. The zero-order chi connectivity index (χ0) is 21.1. The Labute approximate surface area is 173 Å². The number of piperazine rings is 1. The number of hydrogen-bond acceptors (Lipinski definition) is 5. The van der Waals surface area contributed by atoms with Crippen molar-refractivity contribution in [2.24, 2.45) is 0 Å². The first-order valence-corrected chi connectivity index (χ1v) is 12.6. The maximum Gasteiger partial charge on any atom is 0.240 e. The summed E-state index contributed by atoms with van der Waals surface area (Å²) < 4.78 is 54.0. The van der Waals surface area contributed by atoms with E-state index in [-0.39, 0.29) is 17.2 Å². The summed E-state index contributed by atoms with van der Waals surface area (Å²) >= 11 is 0.